The third-order valence-electron chi connectivity index (χ3n) is 4.12. The Labute approximate surface area is 132 Å². The number of carbonyl (C=O) groups excluding carboxylic acids is 1. The summed E-state index contributed by atoms with van der Waals surface area (Å²) in [7, 11) is 0. The first-order chi connectivity index (χ1) is 11.1. The predicted octanol–water partition coefficient (Wildman–Crippen LogP) is 1.77. The molecule has 0 spiro atoms. The Morgan fingerprint density at radius 1 is 1.39 bits per heavy atom. The Morgan fingerprint density at radius 2 is 2.17 bits per heavy atom. The number of benzene rings is 1. The highest BCUT2D eigenvalue weighted by Crippen LogP contribution is 2.26. The average Bonchev–Trinajstić information content (AvgIpc) is 3.12. The monoisotopic (exact) mass is 312 g/mol. The molecular formula is C16H16N4O3. The number of fused-ring (bicyclic) bond motifs is 1. The van der Waals surface area contributed by atoms with E-state index in [0.717, 1.165) is 5.39 Å². The van der Waals surface area contributed by atoms with Gasteiger partial charge in [-0.05, 0) is 19.1 Å². The first-order valence-electron chi connectivity index (χ1n) is 7.49. The van der Waals surface area contributed by atoms with Gasteiger partial charge in [-0.1, -0.05) is 23.4 Å². The summed E-state index contributed by atoms with van der Waals surface area (Å²) in [4.78, 5) is 14.1. The molecule has 1 unspecified atom stereocenters. The van der Waals surface area contributed by atoms with Crippen molar-refractivity contribution >= 4 is 16.9 Å². The van der Waals surface area contributed by atoms with Gasteiger partial charge in [0.25, 0.3) is 5.91 Å². The zero-order valence-electron chi connectivity index (χ0n) is 12.6. The second-order valence-corrected chi connectivity index (χ2v) is 5.81. The van der Waals surface area contributed by atoms with Crippen LogP contribution in [0.2, 0.25) is 0 Å². The zero-order valence-corrected chi connectivity index (χ0v) is 12.6. The lowest BCUT2D eigenvalue weighted by Crippen LogP contribution is -2.50. The molecule has 1 aliphatic heterocycles. The van der Waals surface area contributed by atoms with Gasteiger partial charge in [0.05, 0.1) is 18.3 Å². The smallest absolute Gasteiger partial charge is 0.289 e. The van der Waals surface area contributed by atoms with Crippen LogP contribution in [-0.4, -0.2) is 44.0 Å². The maximum absolute atomic E-state index is 12.4. The topological polar surface area (TPSA) is 84.4 Å². The molecule has 4 rings (SSSR count). The largest absolute Gasteiger partial charge is 0.451 e. The molecule has 7 nitrogen and oxygen atoms in total. The standard InChI is InChI=1S/C16H16N4O3/c1-10(21)13-9-20(18-17-13)12-7-19(8-12)16(22)15-6-11-4-2-3-5-14(11)23-15/h2-6,9-10,12,21H,7-8H2,1H3. The van der Waals surface area contributed by atoms with E-state index in [-0.39, 0.29) is 11.9 Å². The number of aromatic nitrogens is 3. The highest BCUT2D eigenvalue weighted by molar-refractivity contribution is 5.96. The lowest BCUT2D eigenvalue weighted by atomic mass is 10.1. The number of hydrogen-bond donors (Lipinski definition) is 1. The third-order valence-corrected chi connectivity index (χ3v) is 4.12. The van der Waals surface area contributed by atoms with Crippen LogP contribution in [0.3, 0.4) is 0 Å². The fourth-order valence-electron chi connectivity index (χ4n) is 2.69. The number of nitrogens with zero attached hydrogens (tertiary/aromatic N) is 4. The number of likely N-dealkylation sites (tertiary alicyclic amines) is 1. The number of aliphatic hydroxyl groups is 1. The maximum atomic E-state index is 12.4. The Morgan fingerprint density at radius 3 is 2.87 bits per heavy atom. The van der Waals surface area contributed by atoms with Gasteiger partial charge in [-0.3, -0.25) is 4.79 Å². The van der Waals surface area contributed by atoms with E-state index in [9.17, 15) is 9.90 Å². The van der Waals surface area contributed by atoms with E-state index in [0.29, 0.717) is 30.1 Å². The minimum Gasteiger partial charge on any atom is -0.451 e. The Balaban J connectivity index is 1.45. The van der Waals surface area contributed by atoms with Gasteiger partial charge in [0.2, 0.25) is 0 Å². The van der Waals surface area contributed by atoms with E-state index in [2.05, 4.69) is 10.3 Å². The lowest BCUT2D eigenvalue weighted by molar-refractivity contribution is 0.0469. The summed E-state index contributed by atoms with van der Waals surface area (Å²) in [5, 5.41) is 18.3. The Kier molecular flexibility index (Phi) is 3.16. The fourth-order valence-corrected chi connectivity index (χ4v) is 2.69. The van der Waals surface area contributed by atoms with Crippen molar-refractivity contribution in [1.29, 1.82) is 0 Å². The molecule has 0 bridgehead atoms. The number of furan rings is 1. The first-order valence-corrected chi connectivity index (χ1v) is 7.49. The van der Waals surface area contributed by atoms with Crippen LogP contribution in [0.4, 0.5) is 0 Å². The van der Waals surface area contributed by atoms with Crippen LogP contribution < -0.4 is 0 Å². The van der Waals surface area contributed by atoms with Crippen molar-refractivity contribution in [2.75, 3.05) is 13.1 Å². The molecule has 1 amide bonds. The van der Waals surface area contributed by atoms with Gasteiger partial charge in [0.1, 0.15) is 11.3 Å². The van der Waals surface area contributed by atoms with Gasteiger partial charge in [-0.15, -0.1) is 5.10 Å². The quantitative estimate of drug-likeness (QED) is 0.797. The van der Waals surface area contributed by atoms with E-state index >= 15 is 0 Å². The lowest BCUT2D eigenvalue weighted by Gasteiger charge is -2.38. The number of carbonyl (C=O) groups is 1. The number of para-hydroxylation sites is 1. The minimum atomic E-state index is -0.642. The molecule has 2 aromatic heterocycles. The van der Waals surface area contributed by atoms with Crippen molar-refractivity contribution in [1.82, 2.24) is 19.9 Å². The van der Waals surface area contributed by atoms with Crippen molar-refractivity contribution < 1.29 is 14.3 Å². The van der Waals surface area contributed by atoms with Gasteiger partial charge >= 0.3 is 0 Å². The summed E-state index contributed by atoms with van der Waals surface area (Å²) in [5.74, 6) is 0.237. The second-order valence-electron chi connectivity index (χ2n) is 5.81. The number of amides is 1. The van der Waals surface area contributed by atoms with E-state index < -0.39 is 6.10 Å². The van der Waals surface area contributed by atoms with E-state index in [1.807, 2.05) is 24.3 Å². The van der Waals surface area contributed by atoms with Crippen LogP contribution in [0.25, 0.3) is 11.0 Å². The van der Waals surface area contributed by atoms with Crippen molar-refractivity contribution in [3.8, 4) is 0 Å². The molecule has 1 fully saturated rings. The van der Waals surface area contributed by atoms with Gasteiger partial charge in [-0.25, -0.2) is 4.68 Å². The Bertz CT molecular complexity index is 828. The van der Waals surface area contributed by atoms with Crippen LogP contribution in [0, 0.1) is 0 Å². The van der Waals surface area contributed by atoms with Crippen LogP contribution in [0.15, 0.2) is 40.9 Å². The number of hydrogen-bond acceptors (Lipinski definition) is 5. The molecule has 118 valence electrons. The van der Waals surface area contributed by atoms with Crippen LogP contribution >= 0.6 is 0 Å². The summed E-state index contributed by atoms with van der Waals surface area (Å²) in [6.45, 7) is 2.75. The molecule has 7 heteroatoms. The van der Waals surface area contributed by atoms with E-state index in [4.69, 9.17) is 4.42 Å². The average molecular weight is 312 g/mol. The summed E-state index contributed by atoms with van der Waals surface area (Å²) < 4.78 is 7.30. The van der Waals surface area contributed by atoms with Gasteiger partial charge < -0.3 is 14.4 Å². The zero-order chi connectivity index (χ0) is 16.0. The van der Waals surface area contributed by atoms with Crippen LogP contribution in [0.1, 0.15) is 35.3 Å². The first kappa shape index (κ1) is 14.0. The van der Waals surface area contributed by atoms with Gasteiger partial charge in [0, 0.05) is 18.5 Å². The molecular weight excluding hydrogens is 296 g/mol. The summed E-state index contributed by atoms with van der Waals surface area (Å²) in [6, 6.07) is 9.41. The predicted molar refractivity (Wildman–Crippen MR) is 81.8 cm³/mol. The van der Waals surface area contributed by atoms with Crippen LogP contribution in [-0.2, 0) is 0 Å². The van der Waals surface area contributed by atoms with Crippen molar-refractivity contribution in [2.45, 2.75) is 19.1 Å². The van der Waals surface area contributed by atoms with E-state index in [1.54, 1.807) is 28.8 Å². The molecule has 1 atom stereocenters. The molecule has 0 radical (unpaired) electrons. The van der Waals surface area contributed by atoms with Crippen molar-refractivity contribution in [3.63, 3.8) is 0 Å². The number of rotatable bonds is 3. The highest BCUT2D eigenvalue weighted by Gasteiger charge is 2.34. The molecule has 3 aromatic rings. The summed E-state index contributed by atoms with van der Waals surface area (Å²) >= 11 is 0. The molecule has 0 saturated carbocycles. The van der Waals surface area contributed by atoms with Crippen LogP contribution in [0.5, 0.6) is 0 Å². The van der Waals surface area contributed by atoms with Gasteiger partial charge in [0.15, 0.2) is 5.76 Å². The summed E-state index contributed by atoms with van der Waals surface area (Å²) in [5.41, 5.74) is 1.25. The minimum absolute atomic E-state index is 0.0864. The third kappa shape index (κ3) is 2.39. The SMILES string of the molecule is CC(O)c1cn(C2CN(C(=O)c3cc4ccccc4o3)C2)nn1. The number of aliphatic hydroxyl groups excluding tert-OH is 1. The van der Waals surface area contributed by atoms with Gasteiger partial charge in [-0.2, -0.15) is 0 Å². The normalized spacial score (nSPS) is 16.5. The maximum Gasteiger partial charge on any atom is 0.289 e. The molecule has 1 N–H and O–H groups in total. The van der Waals surface area contributed by atoms with Crippen molar-refractivity contribution in [3.05, 3.63) is 48.0 Å². The molecule has 3 heterocycles. The second kappa shape index (κ2) is 5.20. The molecule has 1 aromatic carbocycles. The fraction of sp³-hybridized carbons (Fsp3) is 0.312. The van der Waals surface area contributed by atoms with E-state index in [1.165, 1.54) is 0 Å². The highest BCUT2D eigenvalue weighted by atomic mass is 16.3. The molecule has 1 aliphatic rings. The molecule has 23 heavy (non-hydrogen) atoms. The molecule has 1 saturated heterocycles. The van der Waals surface area contributed by atoms with Crippen molar-refractivity contribution in [2.24, 2.45) is 0 Å². The summed E-state index contributed by atoms with van der Waals surface area (Å²) in [6.07, 6.45) is 1.08. The molecule has 0 aliphatic carbocycles. The Hall–Kier alpha value is -2.67.